The molecule has 6 heteroatoms. The summed E-state index contributed by atoms with van der Waals surface area (Å²) in [4.78, 5) is 19.7. The Kier molecular flexibility index (Phi) is 3.68. The SMILES string of the molecule is CCOC(=O)C(CC)c1nc2cc3c(cc2[nH]1)OCCO3. The normalized spacial score (nSPS) is 15.0. The first kappa shape index (κ1) is 13.7. The van der Waals surface area contributed by atoms with Crippen molar-refractivity contribution in [3.05, 3.63) is 18.0 Å². The lowest BCUT2D eigenvalue weighted by Gasteiger charge is -2.17. The van der Waals surface area contributed by atoms with Crippen LogP contribution in [0.2, 0.25) is 0 Å². The van der Waals surface area contributed by atoms with Crippen LogP contribution in [0.4, 0.5) is 0 Å². The fourth-order valence-corrected chi connectivity index (χ4v) is 2.45. The molecule has 1 aromatic heterocycles. The minimum absolute atomic E-state index is 0.253. The molecule has 0 amide bonds. The zero-order chi connectivity index (χ0) is 14.8. The number of H-pyrrole nitrogens is 1. The predicted molar refractivity (Wildman–Crippen MR) is 76.7 cm³/mol. The van der Waals surface area contributed by atoms with Gasteiger partial charge in [0.05, 0.1) is 17.6 Å². The smallest absolute Gasteiger partial charge is 0.316 e. The third-order valence-corrected chi connectivity index (χ3v) is 3.47. The lowest BCUT2D eigenvalue weighted by molar-refractivity contribution is -0.145. The van der Waals surface area contributed by atoms with Gasteiger partial charge in [-0.15, -0.1) is 0 Å². The highest BCUT2D eigenvalue weighted by Crippen LogP contribution is 2.34. The predicted octanol–water partition coefficient (Wildman–Crippen LogP) is 2.39. The second-order valence-corrected chi connectivity index (χ2v) is 4.85. The lowest BCUT2D eigenvalue weighted by Crippen LogP contribution is -2.16. The molecule has 1 unspecified atom stereocenters. The molecule has 6 nitrogen and oxygen atoms in total. The van der Waals surface area contributed by atoms with Crippen molar-refractivity contribution in [3.63, 3.8) is 0 Å². The largest absolute Gasteiger partial charge is 0.486 e. The second-order valence-electron chi connectivity index (χ2n) is 4.85. The average Bonchev–Trinajstić information content (AvgIpc) is 2.88. The summed E-state index contributed by atoms with van der Waals surface area (Å²) in [5, 5.41) is 0. The van der Waals surface area contributed by atoms with E-state index in [0.29, 0.717) is 43.6 Å². The van der Waals surface area contributed by atoms with Crippen molar-refractivity contribution in [2.45, 2.75) is 26.2 Å². The molecule has 0 fully saturated rings. The molecule has 0 bridgehead atoms. The third-order valence-electron chi connectivity index (χ3n) is 3.47. The number of ether oxygens (including phenoxy) is 3. The van der Waals surface area contributed by atoms with Crippen LogP contribution in [0.15, 0.2) is 12.1 Å². The topological polar surface area (TPSA) is 73.4 Å². The van der Waals surface area contributed by atoms with Gasteiger partial charge in [-0.3, -0.25) is 4.79 Å². The van der Waals surface area contributed by atoms with Crippen LogP contribution in [0, 0.1) is 0 Å². The number of nitrogens with zero attached hydrogens (tertiary/aromatic N) is 1. The summed E-state index contributed by atoms with van der Waals surface area (Å²) in [6, 6.07) is 3.69. The number of aromatic nitrogens is 2. The zero-order valence-corrected chi connectivity index (χ0v) is 12.1. The van der Waals surface area contributed by atoms with E-state index in [9.17, 15) is 4.79 Å². The number of rotatable bonds is 4. The Hall–Kier alpha value is -2.24. The number of hydrogen-bond acceptors (Lipinski definition) is 5. The minimum atomic E-state index is -0.379. The van der Waals surface area contributed by atoms with Gasteiger partial charge in [0.25, 0.3) is 0 Å². The summed E-state index contributed by atoms with van der Waals surface area (Å²) < 4.78 is 16.2. The van der Waals surface area contributed by atoms with Crippen LogP contribution in [0.3, 0.4) is 0 Å². The quantitative estimate of drug-likeness (QED) is 0.875. The fraction of sp³-hybridized carbons (Fsp3) is 0.467. The molecule has 3 rings (SSSR count). The molecule has 0 spiro atoms. The molecule has 1 atom stereocenters. The van der Waals surface area contributed by atoms with Crippen molar-refractivity contribution in [1.82, 2.24) is 9.97 Å². The van der Waals surface area contributed by atoms with Crippen molar-refractivity contribution in [3.8, 4) is 11.5 Å². The Morgan fingerprint density at radius 3 is 2.71 bits per heavy atom. The zero-order valence-electron chi connectivity index (χ0n) is 12.1. The summed E-state index contributed by atoms with van der Waals surface area (Å²) in [6.45, 7) is 5.18. The van der Waals surface area contributed by atoms with Gasteiger partial charge in [0, 0.05) is 12.1 Å². The number of hydrogen-bond donors (Lipinski definition) is 1. The van der Waals surface area contributed by atoms with E-state index in [1.165, 1.54) is 0 Å². The molecule has 1 aromatic carbocycles. The fourth-order valence-electron chi connectivity index (χ4n) is 2.45. The van der Waals surface area contributed by atoms with Gasteiger partial charge in [-0.2, -0.15) is 0 Å². The van der Waals surface area contributed by atoms with Crippen molar-refractivity contribution in [2.24, 2.45) is 0 Å². The molecule has 21 heavy (non-hydrogen) atoms. The lowest BCUT2D eigenvalue weighted by atomic mass is 10.1. The molecule has 1 N–H and O–H groups in total. The van der Waals surface area contributed by atoms with Gasteiger partial charge < -0.3 is 19.2 Å². The van der Waals surface area contributed by atoms with Crippen LogP contribution < -0.4 is 9.47 Å². The maximum Gasteiger partial charge on any atom is 0.316 e. The van der Waals surface area contributed by atoms with Crippen LogP contribution >= 0.6 is 0 Å². The van der Waals surface area contributed by atoms with E-state index in [1.807, 2.05) is 19.1 Å². The van der Waals surface area contributed by atoms with E-state index in [1.54, 1.807) is 6.92 Å². The van der Waals surface area contributed by atoms with Gasteiger partial charge in [-0.1, -0.05) is 6.92 Å². The van der Waals surface area contributed by atoms with Crippen molar-refractivity contribution in [2.75, 3.05) is 19.8 Å². The maximum atomic E-state index is 12.0. The van der Waals surface area contributed by atoms with Crippen LogP contribution in [-0.4, -0.2) is 35.8 Å². The van der Waals surface area contributed by atoms with E-state index in [-0.39, 0.29) is 11.9 Å². The summed E-state index contributed by atoms with van der Waals surface area (Å²) in [5.41, 5.74) is 1.59. The van der Waals surface area contributed by atoms with Gasteiger partial charge >= 0.3 is 5.97 Å². The van der Waals surface area contributed by atoms with Gasteiger partial charge in [0.1, 0.15) is 25.0 Å². The van der Waals surface area contributed by atoms with Crippen LogP contribution in [0.1, 0.15) is 32.0 Å². The van der Waals surface area contributed by atoms with Gasteiger partial charge in [-0.25, -0.2) is 4.98 Å². The van der Waals surface area contributed by atoms with Crippen LogP contribution in [0.5, 0.6) is 11.5 Å². The molecular formula is C15H18N2O4. The second kappa shape index (κ2) is 5.63. The van der Waals surface area contributed by atoms with Crippen molar-refractivity contribution < 1.29 is 19.0 Å². The number of esters is 1. The Morgan fingerprint density at radius 1 is 1.33 bits per heavy atom. The average molecular weight is 290 g/mol. The summed E-state index contributed by atoms with van der Waals surface area (Å²) in [7, 11) is 0. The Labute approximate surface area is 122 Å². The number of carbonyl (C=O) groups is 1. The number of carbonyl (C=O) groups excluding carboxylic acids is 1. The molecule has 112 valence electrons. The Balaban J connectivity index is 1.98. The van der Waals surface area contributed by atoms with E-state index >= 15 is 0 Å². The summed E-state index contributed by atoms with van der Waals surface area (Å²) >= 11 is 0. The number of imidazole rings is 1. The maximum absolute atomic E-state index is 12.0. The first-order chi connectivity index (χ1) is 10.2. The highest BCUT2D eigenvalue weighted by molar-refractivity contribution is 5.83. The number of nitrogens with one attached hydrogen (secondary N) is 1. The molecular weight excluding hydrogens is 272 g/mol. The third kappa shape index (κ3) is 2.53. The van der Waals surface area contributed by atoms with Gasteiger partial charge in [0.15, 0.2) is 11.5 Å². The number of fused-ring (bicyclic) bond motifs is 2. The van der Waals surface area contributed by atoms with Crippen molar-refractivity contribution in [1.29, 1.82) is 0 Å². The van der Waals surface area contributed by atoms with Crippen molar-refractivity contribution >= 4 is 17.0 Å². The molecule has 1 aliphatic heterocycles. The summed E-state index contributed by atoms with van der Waals surface area (Å²) in [5.74, 6) is 1.38. The van der Waals surface area contributed by atoms with Crippen LogP contribution in [-0.2, 0) is 9.53 Å². The van der Waals surface area contributed by atoms with E-state index in [0.717, 1.165) is 11.0 Å². The molecule has 0 saturated carbocycles. The first-order valence-electron chi connectivity index (χ1n) is 7.18. The van der Waals surface area contributed by atoms with Gasteiger partial charge in [0.2, 0.25) is 0 Å². The van der Waals surface area contributed by atoms with E-state index < -0.39 is 0 Å². The van der Waals surface area contributed by atoms with E-state index in [2.05, 4.69) is 9.97 Å². The van der Waals surface area contributed by atoms with Gasteiger partial charge in [-0.05, 0) is 13.3 Å². The molecule has 0 radical (unpaired) electrons. The molecule has 2 heterocycles. The molecule has 0 aliphatic carbocycles. The number of benzene rings is 1. The highest BCUT2D eigenvalue weighted by Gasteiger charge is 2.24. The summed E-state index contributed by atoms with van der Waals surface area (Å²) in [6.07, 6.45) is 0.630. The van der Waals surface area contributed by atoms with E-state index in [4.69, 9.17) is 14.2 Å². The Morgan fingerprint density at radius 2 is 2.05 bits per heavy atom. The standard InChI is InChI=1S/C15H18N2O4/c1-3-9(15(18)19-4-2)14-16-10-7-12-13(8-11(10)17-14)21-6-5-20-12/h7-9H,3-6H2,1-2H3,(H,16,17). The first-order valence-corrected chi connectivity index (χ1v) is 7.18. The number of aromatic amines is 1. The minimum Gasteiger partial charge on any atom is -0.486 e. The molecule has 1 aliphatic rings. The molecule has 0 saturated heterocycles. The monoisotopic (exact) mass is 290 g/mol. The van der Waals surface area contributed by atoms with Crippen LogP contribution in [0.25, 0.3) is 11.0 Å². The Bertz CT molecular complexity index is 622. The highest BCUT2D eigenvalue weighted by atomic mass is 16.6. The molecule has 2 aromatic rings.